The van der Waals surface area contributed by atoms with Crippen molar-refractivity contribution in [1.29, 1.82) is 0 Å². The first kappa shape index (κ1) is 88.6. The molecule has 0 saturated carbocycles. The molecular formula is C64H115N19O13S2. The third-order valence-corrected chi connectivity index (χ3v) is 16.7. The molecule has 0 bridgehead atoms. The maximum absolute atomic E-state index is 14.4. The fourth-order valence-corrected chi connectivity index (χ4v) is 10.6. The van der Waals surface area contributed by atoms with Gasteiger partial charge in [0.2, 0.25) is 65.0 Å². The molecule has 0 unspecified atom stereocenters. The van der Waals surface area contributed by atoms with E-state index in [-0.39, 0.29) is 108 Å². The van der Waals surface area contributed by atoms with Crippen molar-refractivity contribution < 1.29 is 62.6 Å². The number of amides is 11. The third kappa shape index (κ3) is 35.9. The highest BCUT2D eigenvalue weighted by Gasteiger charge is 2.36. The Morgan fingerprint density at radius 2 is 0.806 bits per heavy atom. The van der Waals surface area contributed by atoms with Crippen molar-refractivity contribution in [3.63, 3.8) is 0 Å². The highest BCUT2D eigenvalue weighted by atomic mass is 32.2. The number of nitrogens with zero attached hydrogens (tertiary/aromatic N) is 1. The summed E-state index contributed by atoms with van der Waals surface area (Å²) in [7, 11) is 0. The monoisotopic (exact) mass is 1420 g/mol. The largest absolute Gasteiger partial charge is 0.480 e. The summed E-state index contributed by atoms with van der Waals surface area (Å²) in [5.41, 5.74) is 40.6. The Kier molecular flexibility index (Phi) is 45.3. The zero-order valence-electron chi connectivity index (χ0n) is 58.1. The summed E-state index contributed by atoms with van der Waals surface area (Å²) < 4.78 is 0. The molecule has 0 aliphatic heterocycles. The fourth-order valence-electron chi connectivity index (χ4n) is 9.93. The highest BCUT2D eigenvalue weighted by molar-refractivity contribution is 7.98. The van der Waals surface area contributed by atoms with Crippen LogP contribution in [0.1, 0.15) is 150 Å². The van der Waals surface area contributed by atoms with Crippen molar-refractivity contribution in [1.82, 2.24) is 58.5 Å². The van der Waals surface area contributed by atoms with Gasteiger partial charge in [0.15, 0.2) is 5.96 Å². The van der Waals surface area contributed by atoms with E-state index in [1.807, 2.05) is 13.8 Å². The minimum Gasteiger partial charge on any atom is -0.480 e. The summed E-state index contributed by atoms with van der Waals surface area (Å²) in [5.74, 6) is -10.1. The van der Waals surface area contributed by atoms with Gasteiger partial charge in [-0.3, -0.25) is 57.7 Å². The minimum atomic E-state index is -1.34. The van der Waals surface area contributed by atoms with Gasteiger partial charge in [0.05, 0.1) is 6.04 Å². The van der Waals surface area contributed by atoms with Crippen LogP contribution in [0.3, 0.4) is 0 Å². The standard InChI is InChI=1S/C64H115N19O13S2/c1-37(2)34-49(81-53(85)40(6)74-60(92)50(82-54(86)42(69)36-97)35-41-20-9-8-10-21-41)61(93)79-45(24-13-17-30-67)57(89)76-43(22-11-15-28-65)55(87)73-39(5)52(84)75-47(27-33-98-7)58(90)77-44(23-12-16-29-66)56(88)78-46(25-14-18-31-68)59(91)83-51(38(3)4)62(94)80-48(63(95)96)26-19-32-72-64(70)71/h8-10,20-21,37-40,42-51,97H,11-19,22-36,65-69H2,1-7H3,(H,73,87)(H,74,92)(H,75,84)(H,76,89)(H,77,90)(H,78,88)(H,79,93)(H,80,94)(H,81,85)(H,82,86)(H,83,91)(H,95,96)(H4,70,71,72)/t39-,40-,42-,43-,44-,45-,46-,47-,48-,49-,50-,51-/m0/s1. The van der Waals surface area contributed by atoms with Crippen LogP contribution in [0.15, 0.2) is 35.3 Å². The summed E-state index contributed by atoms with van der Waals surface area (Å²) >= 11 is 5.46. The van der Waals surface area contributed by atoms with Crippen LogP contribution in [-0.2, 0) is 64.0 Å². The van der Waals surface area contributed by atoms with Crippen LogP contribution in [0.4, 0.5) is 0 Å². The molecule has 26 N–H and O–H groups in total. The highest BCUT2D eigenvalue weighted by Crippen LogP contribution is 2.14. The molecule has 98 heavy (non-hydrogen) atoms. The number of carbonyl (C=O) groups is 12. The predicted octanol–water partition coefficient (Wildman–Crippen LogP) is -3.03. The van der Waals surface area contributed by atoms with Crippen molar-refractivity contribution >= 4 is 101 Å². The lowest BCUT2D eigenvalue weighted by Crippen LogP contribution is -2.60. The minimum absolute atomic E-state index is 0.00973. The van der Waals surface area contributed by atoms with Crippen molar-refractivity contribution in [2.24, 2.45) is 57.0 Å². The van der Waals surface area contributed by atoms with E-state index in [1.165, 1.54) is 25.6 Å². The molecule has 1 rings (SSSR count). The van der Waals surface area contributed by atoms with Gasteiger partial charge in [-0.15, -0.1) is 0 Å². The van der Waals surface area contributed by atoms with Crippen molar-refractivity contribution in [2.75, 3.05) is 50.5 Å². The Morgan fingerprint density at radius 3 is 1.19 bits per heavy atom. The molecule has 1 aromatic rings. The van der Waals surface area contributed by atoms with E-state index in [2.05, 4.69) is 76.1 Å². The van der Waals surface area contributed by atoms with Gasteiger partial charge < -0.3 is 104 Å². The molecule has 0 spiro atoms. The molecule has 0 radical (unpaired) electrons. The molecule has 11 amide bonds. The van der Waals surface area contributed by atoms with Crippen LogP contribution < -0.4 is 98.6 Å². The van der Waals surface area contributed by atoms with Gasteiger partial charge >= 0.3 is 5.97 Å². The molecular weight excluding hydrogens is 1310 g/mol. The zero-order valence-corrected chi connectivity index (χ0v) is 59.8. The fraction of sp³-hybridized carbons (Fsp3) is 0.703. The Labute approximate surface area is 586 Å². The molecule has 32 nitrogen and oxygen atoms in total. The van der Waals surface area contributed by atoms with Gasteiger partial charge in [-0.25, -0.2) is 4.79 Å². The number of carboxylic acid groups (broad SMARTS) is 1. The predicted molar refractivity (Wildman–Crippen MR) is 381 cm³/mol. The molecule has 1 aromatic carbocycles. The Morgan fingerprint density at radius 1 is 0.449 bits per heavy atom. The number of hydrogen-bond acceptors (Lipinski definition) is 20. The molecule has 0 fully saturated rings. The smallest absolute Gasteiger partial charge is 0.326 e. The number of benzene rings is 1. The number of nitrogens with two attached hydrogens (primary N) is 7. The van der Waals surface area contributed by atoms with Gasteiger partial charge in [0.25, 0.3) is 0 Å². The summed E-state index contributed by atoms with van der Waals surface area (Å²) in [6, 6.07) is -5.97. The number of guanidine groups is 1. The summed E-state index contributed by atoms with van der Waals surface area (Å²) in [6.07, 6.45) is 5.71. The quantitative estimate of drug-likeness (QED) is 0.0133. The number of aliphatic carboxylic acids is 1. The SMILES string of the molecule is CSCC[C@H](NC(=O)[C@H](C)NC(=O)[C@H](CCCCN)NC(=O)[C@H](CCCCN)NC(=O)[C@H](CC(C)C)NC(=O)[C@H](C)NC(=O)[C@H](Cc1ccccc1)NC(=O)[C@@H](N)CS)C(=O)N[C@@H](CCCCN)C(=O)N[C@@H](CCCCN)C(=O)N[C@H](C(=O)N[C@@H](CCCN=C(N)N)C(=O)O)C(C)C. The molecule has 0 aromatic heterocycles. The lowest BCUT2D eigenvalue weighted by Gasteiger charge is -2.28. The Hall–Kier alpha value is -7.37. The van der Waals surface area contributed by atoms with Crippen LogP contribution in [0.2, 0.25) is 0 Å². The zero-order chi connectivity index (χ0) is 73.9. The third-order valence-electron chi connectivity index (χ3n) is 15.7. The van der Waals surface area contributed by atoms with Crippen LogP contribution in [0.25, 0.3) is 0 Å². The first-order valence-electron chi connectivity index (χ1n) is 33.8. The summed E-state index contributed by atoms with van der Waals surface area (Å²) in [5, 5.41) is 39.3. The van der Waals surface area contributed by atoms with Gasteiger partial charge in [-0.2, -0.15) is 24.4 Å². The second-order valence-corrected chi connectivity index (χ2v) is 26.3. The van der Waals surface area contributed by atoms with Gasteiger partial charge in [-0.1, -0.05) is 58.0 Å². The summed E-state index contributed by atoms with van der Waals surface area (Å²) in [6.45, 7) is 10.9. The number of thioether (sulfide) groups is 1. The van der Waals surface area contributed by atoms with Gasteiger partial charge in [0.1, 0.15) is 66.5 Å². The Balaban J connectivity index is 3.46. The number of carboxylic acids is 1. The maximum Gasteiger partial charge on any atom is 0.326 e. The number of carbonyl (C=O) groups excluding carboxylic acids is 11. The van der Waals surface area contributed by atoms with Crippen molar-refractivity contribution in [3.8, 4) is 0 Å². The topological polar surface area (TPSA) is 552 Å². The van der Waals surface area contributed by atoms with Gasteiger partial charge in [-0.05, 0) is 172 Å². The van der Waals surface area contributed by atoms with E-state index in [9.17, 15) is 62.6 Å². The Bertz CT molecular complexity index is 2680. The molecule has 556 valence electrons. The summed E-state index contributed by atoms with van der Waals surface area (Å²) in [4.78, 5) is 170. The average Bonchev–Trinajstić information content (AvgIpc) is 0.972. The average molecular weight is 1420 g/mol. The van der Waals surface area contributed by atoms with Crippen molar-refractivity contribution in [3.05, 3.63) is 35.9 Å². The second kappa shape index (κ2) is 50.0. The van der Waals surface area contributed by atoms with Crippen LogP contribution in [0.5, 0.6) is 0 Å². The van der Waals surface area contributed by atoms with Crippen LogP contribution in [0, 0.1) is 11.8 Å². The second-order valence-electron chi connectivity index (χ2n) is 25.0. The van der Waals surface area contributed by atoms with E-state index in [0.717, 1.165) is 0 Å². The molecule has 0 aliphatic rings. The van der Waals surface area contributed by atoms with Crippen LogP contribution >= 0.6 is 24.4 Å². The molecule has 12 atom stereocenters. The number of hydrogen-bond donors (Lipinski definition) is 20. The number of rotatable bonds is 52. The van der Waals surface area contributed by atoms with E-state index < -0.39 is 149 Å². The normalized spacial score (nSPS) is 14.9. The number of nitrogens with one attached hydrogen (secondary N) is 11. The van der Waals surface area contributed by atoms with E-state index in [0.29, 0.717) is 62.7 Å². The van der Waals surface area contributed by atoms with Crippen molar-refractivity contribution in [2.45, 2.75) is 223 Å². The van der Waals surface area contributed by atoms with E-state index >= 15 is 0 Å². The molecule has 0 aliphatic carbocycles. The van der Waals surface area contributed by atoms with E-state index in [1.54, 1.807) is 50.4 Å². The maximum atomic E-state index is 14.4. The lowest BCUT2D eigenvalue weighted by molar-refractivity contribution is -0.143. The number of aliphatic imine (C=N–C) groups is 1. The lowest BCUT2D eigenvalue weighted by atomic mass is 10.0. The molecule has 34 heteroatoms. The van der Waals surface area contributed by atoms with Gasteiger partial charge in [0, 0.05) is 18.7 Å². The molecule has 0 heterocycles. The first-order chi connectivity index (χ1) is 46.5. The van der Waals surface area contributed by atoms with E-state index in [4.69, 9.17) is 40.1 Å². The molecule has 0 saturated heterocycles. The van der Waals surface area contributed by atoms with Crippen LogP contribution in [-0.4, -0.2) is 205 Å². The first-order valence-corrected chi connectivity index (χ1v) is 35.8. The number of unbranched alkanes of at least 4 members (excludes halogenated alkanes) is 4. The number of thiol groups is 1.